The van der Waals surface area contributed by atoms with Crippen LogP contribution in [-0.2, 0) is 0 Å². The number of benzene rings is 1. The number of nitrogen functional groups attached to an aromatic ring is 1. The van der Waals surface area contributed by atoms with Crippen molar-refractivity contribution in [3.05, 3.63) is 46.7 Å². The second-order valence-corrected chi connectivity index (χ2v) is 4.46. The number of aryl methyl sites for hydroxylation is 1. The Hall–Kier alpha value is -2.27. The van der Waals surface area contributed by atoms with Gasteiger partial charge in [-0.15, -0.1) is 0 Å². The number of nitrogens with two attached hydrogens (primary N) is 2. The third kappa shape index (κ3) is 2.77. The van der Waals surface area contributed by atoms with Gasteiger partial charge in [0.25, 0.3) is 5.91 Å². The molecule has 0 radical (unpaired) electrons. The smallest absolute Gasteiger partial charge is 0.250 e. The Labute approximate surface area is 115 Å². The van der Waals surface area contributed by atoms with E-state index in [1.54, 1.807) is 18.3 Å². The van der Waals surface area contributed by atoms with Crippen molar-refractivity contribution in [1.82, 2.24) is 4.98 Å². The van der Waals surface area contributed by atoms with Crippen LogP contribution in [0.25, 0.3) is 0 Å². The van der Waals surface area contributed by atoms with Gasteiger partial charge < -0.3 is 16.8 Å². The first-order valence-electron chi connectivity index (χ1n) is 5.56. The van der Waals surface area contributed by atoms with Gasteiger partial charge in [0.05, 0.1) is 27.7 Å². The Bertz CT molecular complexity index is 643. The maximum Gasteiger partial charge on any atom is 0.250 e. The minimum absolute atomic E-state index is 0.244. The quantitative estimate of drug-likeness (QED) is 0.751. The molecule has 1 aromatic carbocycles. The molecule has 0 aliphatic rings. The first kappa shape index (κ1) is 13.2. The summed E-state index contributed by atoms with van der Waals surface area (Å²) in [6, 6.07) is 6.66. The van der Waals surface area contributed by atoms with Crippen LogP contribution in [0.2, 0.25) is 5.02 Å². The van der Waals surface area contributed by atoms with E-state index >= 15 is 0 Å². The molecule has 5 nitrogen and oxygen atoms in total. The first-order valence-corrected chi connectivity index (χ1v) is 5.94. The zero-order valence-corrected chi connectivity index (χ0v) is 11.0. The lowest BCUT2D eigenvalue weighted by Crippen LogP contribution is -2.14. The van der Waals surface area contributed by atoms with Crippen LogP contribution in [0.4, 0.5) is 17.1 Å². The molecule has 5 N–H and O–H groups in total. The van der Waals surface area contributed by atoms with Gasteiger partial charge in [0, 0.05) is 11.9 Å². The molecule has 2 aromatic rings. The Morgan fingerprint density at radius 3 is 2.79 bits per heavy atom. The lowest BCUT2D eigenvalue weighted by atomic mass is 10.1. The van der Waals surface area contributed by atoms with Crippen molar-refractivity contribution in [1.29, 1.82) is 0 Å². The zero-order valence-electron chi connectivity index (χ0n) is 10.3. The van der Waals surface area contributed by atoms with Crippen LogP contribution < -0.4 is 16.8 Å². The van der Waals surface area contributed by atoms with Crippen molar-refractivity contribution in [3.8, 4) is 0 Å². The van der Waals surface area contributed by atoms with Crippen molar-refractivity contribution >= 4 is 34.6 Å². The molecular formula is C13H13ClN4O. The minimum Gasteiger partial charge on any atom is -0.399 e. The third-order valence-electron chi connectivity index (χ3n) is 2.64. The second-order valence-electron chi connectivity index (χ2n) is 4.05. The molecule has 0 aliphatic carbocycles. The molecule has 6 heteroatoms. The van der Waals surface area contributed by atoms with Crippen molar-refractivity contribution < 1.29 is 4.79 Å². The fourth-order valence-electron chi connectivity index (χ4n) is 1.70. The lowest BCUT2D eigenvalue weighted by Gasteiger charge is -2.14. The van der Waals surface area contributed by atoms with Gasteiger partial charge in [-0.2, -0.15) is 0 Å². The van der Waals surface area contributed by atoms with E-state index in [1.807, 2.05) is 13.0 Å². The maximum atomic E-state index is 11.5. The number of rotatable bonds is 3. The maximum absolute atomic E-state index is 11.5. The van der Waals surface area contributed by atoms with Crippen LogP contribution in [0.3, 0.4) is 0 Å². The third-order valence-corrected chi connectivity index (χ3v) is 2.94. The van der Waals surface area contributed by atoms with Gasteiger partial charge in [-0.25, -0.2) is 0 Å². The van der Waals surface area contributed by atoms with Crippen LogP contribution in [0, 0.1) is 6.92 Å². The lowest BCUT2D eigenvalue weighted by molar-refractivity contribution is 0.100. The Balaban J connectivity index is 2.51. The number of nitrogens with one attached hydrogen (secondary N) is 1. The van der Waals surface area contributed by atoms with E-state index < -0.39 is 5.91 Å². The number of aromatic nitrogens is 1. The average Bonchev–Trinajstić information content (AvgIpc) is 2.34. The molecule has 0 unspecified atom stereocenters. The second kappa shape index (κ2) is 5.16. The van der Waals surface area contributed by atoms with Crippen LogP contribution in [0.15, 0.2) is 30.5 Å². The van der Waals surface area contributed by atoms with Crippen molar-refractivity contribution in [2.24, 2.45) is 5.73 Å². The van der Waals surface area contributed by atoms with E-state index in [0.29, 0.717) is 16.4 Å². The number of pyridine rings is 1. The highest BCUT2D eigenvalue weighted by molar-refractivity contribution is 6.34. The largest absolute Gasteiger partial charge is 0.399 e. The fourth-order valence-corrected chi connectivity index (χ4v) is 1.98. The molecule has 1 amide bonds. The average molecular weight is 277 g/mol. The summed E-state index contributed by atoms with van der Waals surface area (Å²) < 4.78 is 0. The molecule has 1 heterocycles. The summed E-state index contributed by atoms with van der Waals surface area (Å²) in [5, 5.41) is 3.40. The number of carbonyl (C=O) groups excluding carboxylic acids is 1. The summed E-state index contributed by atoms with van der Waals surface area (Å²) >= 11 is 6.11. The number of amides is 1. The Morgan fingerprint density at radius 1 is 1.42 bits per heavy atom. The van der Waals surface area contributed by atoms with Crippen molar-refractivity contribution in [3.63, 3.8) is 0 Å². The molecule has 2 rings (SSSR count). The standard InChI is InChI=1S/C13H13ClN4O/c1-7-11(3-2-4-17-7)18-12-9(13(16)19)5-8(15)6-10(12)14/h2-6,18H,15H2,1H3,(H2,16,19). The number of anilines is 3. The minimum atomic E-state index is -0.599. The number of carbonyl (C=O) groups is 1. The van der Waals surface area contributed by atoms with E-state index in [2.05, 4.69) is 10.3 Å². The van der Waals surface area contributed by atoms with Crippen LogP contribution in [0.5, 0.6) is 0 Å². The molecule has 0 fully saturated rings. The van der Waals surface area contributed by atoms with Crippen molar-refractivity contribution in [2.45, 2.75) is 6.92 Å². The fraction of sp³-hybridized carbons (Fsp3) is 0.0769. The van der Waals surface area contributed by atoms with Crippen LogP contribution in [0.1, 0.15) is 16.1 Å². The summed E-state index contributed by atoms with van der Waals surface area (Å²) in [5.41, 5.74) is 13.6. The molecule has 0 atom stereocenters. The predicted molar refractivity (Wildman–Crippen MR) is 76.6 cm³/mol. The summed E-state index contributed by atoms with van der Waals surface area (Å²) in [6.45, 7) is 1.84. The summed E-state index contributed by atoms with van der Waals surface area (Å²) in [7, 11) is 0. The highest BCUT2D eigenvalue weighted by Gasteiger charge is 2.14. The van der Waals surface area contributed by atoms with E-state index in [0.717, 1.165) is 11.4 Å². The zero-order chi connectivity index (χ0) is 14.0. The summed E-state index contributed by atoms with van der Waals surface area (Å²) in [6.07, 6.45) is 1.68. The molecule has 98 valence electrons. The van der Waals surface area contributed by atoms with Gasteiger partial charge in [-0.05, 0) is 31.2 Å². The van der Waals surface area contributed by atoms with E-state index in [-0.39, 0.29) is 5.56 Å². The van der Waals surface area contributed by atoms with Gasteiger partial charge in [0.2, 0.25) is 0 Å². The molecule has 0 spiro atoms. The SMILES string of the molecule is Cc1ncccc1Nc1c(Cl)cc(N)cc1C(N)=O. The molecular weight excluding hydrogens is 264 g/mol. The number of hydrogen-bond donors (Lipinski definition) is 3. The van der Waals surface area contributed by atoms with E-state index in [4.69, 9.17) is 23.1 Å². The Morgan fingerprint density at radius 2 is 2.16 bits per heavy atom. The summed E-state index contributed by atoms with van der Waals surface area (Å²) in [4.78, 5) is 15.6. The topological polar surface area (TPSA) is 94.0 Å². The van der Waals surface area contributed by atoms with Gasteiger partial charge in [-0.3, -0.25) is 9.78 Å². The van der Waals surface area contributed by atoms with E-state index in [9.17, 15) is 4.79 Å². The molecule has 19 heavy (non-hydrogen) atoms. The van der Waals surface area contributed by atoms with Crippen molar-refractivity contribution in [2.75, 3.05) is 11.1 Å². The van der Waals surface area contributed by atoms with Crippen LogP contribution in [-0.4, -0.2) is 10.9 Å². The highest BCUT2D eigenvalue weighted by Crippen LogP contribution is 2.32. The van der Waals surface area contributed by atoms with Gasteiger partial charge in [0.1, 0.15) is 0 Å². The number of nitrogens with zero attached hydrogens (tertiary/aromatic N) is 1. The number of halogens is 1. The van der Waals surface area contributed by atoms with Gasteiger partial charge >= 0.3 is 0 Å². The summed E-state index contributed by atoms with van der Waals surface area (Å²) in [5.74, 6) is -0.599. The molecule has 0 saturated heterocycles. The first-order chi connectivity index (χ1) is 8.99. The predicted octanol–water partition coefficient (Wildman–Crippen LogP) is 2.47. The van der Waals surface area contributed by atoms with Gasteiger partial charge in [-0.1, -0.05) is 11.6 Å². The molecule has 0 aliphatic heterocycles. The number of hydrogen-bond acceptors (Lipinski definition) is 4. The van der Waals surface area contributed by atoms with Gasteiger partial charge in [0.15, 0.2) is 0 Å². The molecule has 1 aromatic heterocycles. The Kier molecular flexibility index (Phi) is 3.57. The highest BCUT2D eigenvalue weighted by atomic mass is 35.5. The molecule has 0 bridgehead atoms. The van der Waals surface area contributed by atoms with E-state index in [1.165, 1.54) is 6.07 Å². The monoisotopic (exact) mass is 276 g/mol. The van der Waals surface area contributed by atoms with Crippen LogP contribution >= 0.6 is 11.6 Å². The molecule has 0 saturated carbocycles. The normalized spacial score (nSPS) is 10.2. The number of primary amides is 1.